The highest BCUT2D eigenvalue weighted by Gasteiger charge is 2.50. The van der Waals surface area contributed by atoms with E-state index in [2.05, 4.69) is 438 Å². The highest BCUT2D eigenvalue weighted by Crippen LogP contribution is 2.55. The third kappa shape index (κ3) is 11.5. The van der Waals surface area contributed by atoms with Gasteiger partial charge in [0.2, 0.25) is 0 Å². The Kier molecular flexibility index (Phi) is 17.3. The van der Waals surface area contributed by atoms with Gasteiger partial charge in [0, 0.05) is 109 Å². The van der Waals surface area contributed by atoms with E-state index in [-0.39, 0.29) is 49.1 Å². The van der Waals surface area contributed by atoms with Crippen molar-refractivity contribution in [3.8, 4) is 44.5 Å². The van der Waals surface area contributed by atoms with E-state index < -0.39 is 0 Å². The second-order valence-corrected chi connectivity index (χ2v) is 45.9. The van der Waals surface area contributed by atoms with E-state index >= 15 is 0 Å². The predicted molar refractivity (Wildman–Crippen MR) is 594 cm³/mol. The molecule has 0 amide bonds. The minimum Gasteiger partial charge on any atom is -0.375 e. The quantitative estimate of drug-likeness (QED) is 0.112. The first-order valence-corrected chi connectivity index (χ1v) is 49.8. The molecule has 8 heteroatoms. The summed E-state index contributed by atoms with van der Waals surface area (Å²) >= 11 is 0. The molecular formula is C128H114B4N4. The van der Waals surface area contributed by atoms with Crippen molar-refractivity contribution in [2.24, 2.45) is 0 Å². The molecule has 0 unspecified atom stereocenters. The molecule has 0 bridgehead atoms. The average molecular weight is 1750 g/mol. The van der Waals surface area contributed by atoms with Crippen LogP contribution in [0.2, 0.25) is 0 Å². The van der Waals surface area contributed by atoms with Crippen LogP contribution in [0.5, 0.6) is 0 Å². The number of hydrogen-bond donors (Lipinski definition) is 0. The van der Waals surface area contributed by atoms with Gasteiger partial charge in [0.15, 0.2) is 0 Å². The van der Waals surface area contributed by atoms with E-state index in [1.54, 1.807) is 0 Å². The minimum absolute atomic E-state index is 0.0718. The van der Waals surface area contributed by atoms with Gasteiger partial charge in [-0.05, 0) is 339 Å². The van der Waals surface area contributed by atoms with Gasteiger partial charge in [0.05, 0.1) is 0 Å². The van der Waals surface area contributed by atoms with E-state index in [9.17, 15) is 0 Å². The predicted octanol–water partition coefficient (Wildman–Crippen LogP) is 27.4. The summed E-state index contributed by atoms with van der Waals surface area (Å²) in [7, 11) is 0. The van der Waals surface area contributed by atoms with E-state index in [0.717, 1.165) is 6.42 Å². The lowest BCUT2D eigenvalue weighted by Gasteiger charge is -2.38. The lowest BCUT2D eigenvalue weighted by atomic mass is 9.40. The van der Waals surface area contributed by atoms with Gasteiger partial charge >= 0.3 is 27.4 Å². The lowest BCUT2D eigenvalue weighted by Crippen LogP contribution is -2.57. The van der Waals surface area contributed by atoms with Crippen molar-refractivity contribution in [1.82, 2.24) is 17.9 Å². The Labute approximate surface area is 800 Å². The molecule has 0 N–H and O–H groups in total. The maximum atomic E-state index is 2.87. The molecule has 0 atom stereocenters. The standard InChI is InChI=1S/C128H114B4N4/c1-68-48-72(5)113(73(6)49-68)129-117-97-57-81-32-24-25-33-82(81)58-98(97)118-110(109(117)92-39-30-37-90-89-36-28-29-41-105(89)133(129)121(90)92)93-40-31-38-91-94-56-80(42-45-106(94)134(122(91)93)130(118)114-74(7)50-69(2)51-75(114)8)67-128(22,23)86-44-47-108-96(62-86)102-64-88(127(19,20)21)66-104-112-111-103-65-87(126(16,17)18)63-101-95-61-85(125(13,14)15)43-46-107(95)135(123(101)103)131(115-76(9)52-70(3)53-77(115)10)119(111)99-59-83-34-26-27-35-84(83)60-100(99)120(112)132(136(108)124(102)104)116-78(11)54-71(4)55-79(116)12/h24-66H,67H2,1-23H3. The van der Waals surface area contributed by atoms with Gasteiger partial charge in [-0.1, -0.05) is 313 Å². The molecule has 0 radical (unpaired) electrons. The van der Waals surface area contributed by atoms with Gasteiger partial charge in [0.25, 0.3) is 0 Å². The number of para-hydroxylation sites is 3. The van der Waals surface area contributed by atoms with Crippen LogP contribution in [-0.2, 0) is 28.1 Å². The van der Waals surface area contributed by atoms with E-state index in [1.807, 2.05) is 0 Å². The van der Waals surface area contributed by atoms with Crippen LogP contribution in [0, 0.1) is 83.1 Å². The summed E-state index contributed by atoms with van der Waals surface area (Å²) in [6.07, 6.45) is 0.819. The van der Waals surface area contributed by atoms with Gasteiger partial charge in [-0.3, -0.25) is 0 Å². The molecule has 658 valence electrons. The Morgan fingerprint density at radius 2 is 0.485 bits per heavy atom. The first kappa shape index (κ1) is 83.1. The van der Waals surface area contributed by atoms with Gasteiger partial charge < -0.3 is 17.9 Å². The number of benzene rings is 18. The molecule has 0 fully saturated rings. The third-order valence-electron chi connectivity index (χ3n) is 33.2. The van der Waals surface area contributed by atoms with Crippen LogP contribution in [0.4, 0.5) is 0 Å². The highest BCUT2D eigenvalue weighted by atomic mass is 15.0. The molecule has 22 aromatic rings. The van der Waals surface area contributed by atoms with Crippen LogP contribution < -0.4 is 43.7 Å². The maximum absolute atomic E-state index is 2.87. The fourth-order valence-electron chi connectivity index (χ4n) is 27.7. The Morgan fingerprint density at radius 3 is 0.846 bits per heavy atom. The monoisotopic (exact) mass is 1750 g/mol. The molecule has 136 heavy (non-hydrogen) atoms. The summed E-state index contributed by atoms with van der Waals surface area (Å²) in [6, 6.07) is 106. The zero-order valence-electron chi connectivity index (χ0n) is 83.1. The Bertz CT molecular complexity index is 9190. The van der Waals surface area contributed by atoms with E-state index in [4.69, 9.17) is 0 Å². The normalized spacial score (nSPS) is 13.7. The second kappa shape index (κ2) is 28.3. The average Bonchev–Trinajstić information content (AvgIpc) is 1.37. The molecule has 0 saturated heterocycles. The van der Waals surface area contributed by atoms with Crippen molar-refractivity contribution in [2.45, 2.75) is 187 Å². The first-order valence-electron chi connectivity index (χ1n) is 49.8. The van der Waals surface area contributed by atoms with Crippen molar-refractivity contribution in [3.63, 3.8) is 0 Å². The third-order valence-corrected chi connectivity index (χ3v) is 33.2. The summed E-state index contributed by atoms with van der Waals surface area (Å²) in [5.74, 6) is 0. The molecule has 0 aliphatic carbocycles. The summed E-state index contributed by atoms with van der Waals surface area (Å²) in [4.78, 5) is 0. The highest BCUT2D eigenvalue weighted by molar-refractivity contribution is 6.95. The van der Waals surface area contributed by atoms with Gasteiger partial charge in [-0.15, -0.1) is 0 Å². The number of fused-ring (bicyclic) bond motifs is 30. The van der Waals surface area contributed by atoms with Gasteiger partial charge in [-0.25, -0.2) is 0 Å². The van der Waals surface area contributed by atoms with Crippen LogP contribution in [0.3, 0.4) is 0 Å². The number of aryl methyl sites for hydroxylation is 12. The van der Waals surface area contributed by atoms with Crippen LogP contribution in [0.1, 0.15) is 171 Å². The second-order valence-electron chi connectivity index (χ2n) is 45.9. The number of hydrogen-bond acceptors (Lipinski definition) is 0. The molecule has 4 nitrogen and oxygen atoms in total. The van der Waals surface area contributed by atoms with Crippen molar-refractivity contribution in [1.29, 1.82) is 0 Å². The van der Waals surface area contributed by atoms with Crippen LogP contribution in [0.15, 0.2) is 261 Å². The fourth-order valence-corrected chi connectivity index (χ4v) is 27.7. The number of aromatic nitrogens is 4. The summed E-state index contributed by atoms with van der Waals surface area (Å²) < 4.78 is 11.3. The fraction of sp³-hybridized carbons (Fsp3) is 0.219. The summed E-state index contributed by atoms with van der Waals surface area (Å²) in [6.45, 7) is 54.4. The van der Waals surface area contributed by atoms with Crippen LogP contribution in [-0.4, -0.2) is 45.3 Å². The van der Waals surface area contributed by atoms with E-state index in [1.165, 1.54) is 313 Å². The Morgan fingerprint density at radius 1 is 0.206 bits per heavy atom. The molecule has 8 heterocycles. The zero-order valence-corrected chi connectivity index (χ0v) is 83.1. The molecule has 18 aromatic carbocycles. The number of rotatable bonds is 7. The SMILES string of the molecule is Cc1cc(C)c(B2c3c(c4c(c5cc6ccccc6cc35)B(c3c(C)cc(C)cc3C)n3c5ccc(CC(C)(C)c6ccc7c(c6)c6cc(C(C)(C)C)cc8c6n7B(c6c(C)cc(C)cc6C)c6c-8c7c(c8cc9ccccc9cc68)B(c6c(C)cc(C)cc6C)n6c8ccc(C(C)(C)C)cc8c8cc(C(C)(C)C)cc-7c86)cc5c5cccc-4c53)-c3cccc4c5ccccc5n2c34)c(C)c1. The zero-order chi connectivity index (χ0) is 93.6. The Hall–Kier alpha value is -13.5. The molecule has 0 saturated carbocycles. The van der Waals surface area contributed by atoms with E-state index in [0.29, 0.717) is 0 Å². The first-order chi connectivity index (χ1) is 65.1. The van der Waals surface area contributed by atoms with Crippen molar-refractivity contribution >= 4 is 201 Å². The molecular weight excluding hydrogens is 1640 g/mol. The molecule has 4 aromatic heterocycles. The topological polar surface area (TPSA) is 19.7 Å². The largest absolute Gasteiger partial charge is 0.375 e. The molecule has 0 spiro atoms. The van der Waals surface area contributed by atoms with Crippen molar-refractivity contribution < 1.29 is 0 Å². The molecule has 4 aliphatic rings. The van der Waals surface area contributed by atoms with Crippen molar-refractivity contribution in [3.05, 3.63) is 355 Å². The number of nitrogens with zero attached hydrogens (tertiary/aromatic N) is 4. The van der Waals surface area contributed by atoms with Crippen molar-refractivity contribution in [2.75, 3.05) is 0 Å². The van der Waals surface area contributed by atoms with Gasteiger partial charge in [0.1, 0.15) is 0 Å². The van der Waals surface area contributed by atoms with Crippen LogP contribution in [0.25, 0.3) is 175 Å². The van der Waals surface area contributed by atoms with Gasteiger partial charge in [-0.2, -0.15) is 0 Å². The lowest BCUT2D eigenvalue weighted by molar-refractivity contribution is 0.523. The smallest absolute Gasteiger partial charge is 0.330 e. The molecule has 26 rings (SSSR count). The minimum atomic E-state index is -0.345. The molecule has 4 aliphatic heterocycles. The van der Waals surface area contributed by atoms with Crippen LogP contribution >= 0.6 is 0 Å². The summed E-state index contributed by atoms with van der Waals surface area (Å²) in [5.41, 5.74) is 53.7. The summed E-state index contributed by atoms with van der Waals surface area (Å²) in [5, 5.41) is 20.8. The maximum Gasteiger partial charge on any atom is 0.330 e. The Balaban J connectivity index is 0.725.